The zero-order chi connectivity index (χ0) is 9.56. The van der Waals surface area contributed by atoms with Crippen LogP contribution in [-0.2, 0) is 0 Å². The molecule has 0 spiro atoms. The second-order valence-electron chi connectivity index (χ2n) is 2.60. The molecule has 60 valence electrons. The lowest BCUT2D eigenvalue weighted by molar-refractivity contribution is 0.693. The highest BCUT2D eigenvalue weighted by atomic mass is 14.0. The SMILES string of the molecule is [2H]C(CCC)C([2H])C(=C)CCC. The van der Waals surface area contributed by atoms with Crippen molar-refractivity contribution in [2.24, 2.45) is 0 Å². The molecule has 0 aliphatic heterocycles. The van der Waals surface area contributed by atoms with Crippen LogP contribution < -0.4 is 0 Å². The van der Waals surface area contributed by atoms with Crippen molar-refractivity contribution in [3.63, 3.8) is 0 Å². The van der Waals surface area contributed by atoms with Gasteiger partial charge in [-0.2, -0.15) is 0 Å². The molecule has 0 fully saturated rings. The molecule has 0 heterocycles. The molecule has 0 heteroatoms. The molecule has 0 nitrogen and oxygen atoms in total. The highest BCUT2D eigenvalue weighted by Crippen LogP contribution is 2.11. The first kappa shape index (κ1) is 6.45. The Hall–Kier alpha value is -0.260. The fraction of sp³-hybridized carbons (Fsp3) is 0.800. The van der Waals surface area contributed by atoms with E-state index in [1.807, 2.05) is 0 Å². The molecule has 0 aliphatic carbocycles. The van der Waals surface area contributed by atoms with Gasteiger partial charge in [-0.05, 0) is 19.2 Å². The smallest absolute Gasteiger partial charge is 0.0312 e. The molecule has 10 heavy (non-hydrogen) atoms. The molecule has 2 unspecified atom stereocenters. The average Bonchev–Trinajstić information content (AvgIpc) is 2.04. The molecule has 0 aromatic carbocycles. The molecule has 0 saturated carbocycles. The molecule has 0 radical (unpaired) electrons. The number of rotatable bonds is 6. The van der Waals surface area contributed by atoms with Crippen LogP contribution in [0.25, 0.3) is 0 Å². The summed E-state index contributed by atoms with van der Waals surface area (Å²) < 4.78 is 15.3. The van der Waals surface area contributed by atoms with Gasteiger partial charge in [-0.1, -0.05) is 45.3 Å². The summed E-state index contributed by atoms with van der Waals surface area (Å²) in [6.45, 7) is 7.97. The maximum atomic E-state index is 7.70. The van der Waals surface area contributed by atoms with Crippen molar-refractivity contribution in [3.05, 3.63) is 12.2 Å². The summed E-state index contributed by atoms with van der Waals surface area (Å²) in [7, 11) is 0. The highest BCUT2D eigenvalue weighted by Gasteiger charge is 1.91. The Morgan fingerprint density at radius 2 is 2.10 bits per heavy atom. The molecule has 0 aliphatic rings. The first-order valence-corrected chi connectivity index (χ1v) is 4.15. The van der Waals surface area contributed by atoms with Crippen molar-refractivity contribution in [1.29, 1.82) is 0 Å². The lowest BCUT2D eigenvalue weighted by Crippen LogP contribution is -1.81. The van der Waals surface area contributed by atoms with Crippen molar-refractivity contribution >= 4 is 0 Å². The van der Waals surface area contributed by atoms with Crippen LogP contribution in [0, 0.1) is 0 Å². The maximum absolute atomic E-state index is 7.70. The van der Waals surface area contributed by atoms with E-state index in [1.54, 1.807) is 0 Å². The van der Waals surface area contributed by atoms with Crippen LogP contribution in [0.1, 0.15) is 55.1 Å². The first-order chi connectivity index (χ1) is 5.63. The van der Waals surface area contributed by atoms with E-state index in [2.05, 4.69) is 20.4 Å². The molecule has 0 N–H and O–H groups in total. The van der Waals surface area contributed by atoms with Crippen LogP contribution >= 0.6 is 0 Å². The minimum atomic E-state index is -0.370. The van der Waals surface area contributed by atoms with Gasteiger partial charge in [-0.15, -0.1) is 0 Å². The third kappa shape index (κ3) is 5.87. The molecular formula is C10H20. The predicted molar refractivity (Wildman–Crippen MR) is 48.2 cm³/mol. The van der Waals surface area contributed by atoms with Gasteiger partial charge in [-0.25, -0.2) is 0 Å². The summed E-state index contributed by atoms with van der Waals surface area (Å²) in [4.78, 5) is 0. The van der Waals surface area contributed by atoms with Gasteiger partial charge < -0.3 is 0 Å². The van der Waals surface area contributed by atoms with Gasteiger partial charge in [0.2, 0.25) is 0 Å². The van der Waals surface area contributed by atoms with E-state index < -0.39 is 0 Å². The van der Waals surface area contributed by atoms with Crippen molar-refractivity contribution in [3.8, 4) is 0 Å². The van der Waals surface area contributed by atoms with E-state index in [4.69, 9.17) is 2.74 Å². The van der Waals surface area contributed by atoms with Crippen LogP contribution in [0.15, 0.2) is 12.2 Å². The van der Waals surface area contributed by atoms with Crippen LogP contribution in [0.4, 0.5) is 0 Å². The third-order valence-electron chi connectivity index (χ3n) is 1.38. The summed E-state index contributed by atoms with van der Waals surface area (Å²) in [6, 6.07) is 0. The van der Waals surface area contributed by atoms with E-state index in [0.29, 0.717) is 0 Å². The minimum Gasteiger partial charge on any atom is -0.0999 e. The largest absolute Gasteiger partial charge is 0.0999 e. The van der Waals surface area contributed by atoms with E-state index >= 15 is 0 Å². The predicted octanol–water partition coefficient (Wildman–Crippen LogP) is 3.92. The van der Waals surface area contributed by atoms with Gasteiger partial charge in [0.15, 0.2) is 0 Å². The normalized spacial score (nSPS) is 19.0. The topological polar surface area (TPSA) is 0 Å². The van der Waals surface area contributed by atoms with Crippen molar-refractivity contribution < 1.29 is 2.74 Å². The molecule has 0 aromatic heterocycles. The van der Waals surface area contributed by atoms with E-state index in [1.165, 1.54) is 0 Å². The Labute approximate surface area is 68.1 Å². The lowest BCUT2D eigenvalue weighted by atomic mass is 10.1. The van der Waals surface area contributed by atoms with Gasteiger partial charge in [0.05, 0.1) is 0 Å². The van der Waals surface area contributed by atoms with Crippen LogP contribution in [0.3, 0.4) is 0 Å². The van der Waals surface area contributed by atoms with Crippen LogP contribution in [-0.4, -0.2) is 0 Å². The molecule has 2 atom stereocenters. The maximum Gasteiger partial charge on any atom is 0.0312 e. The average molecular weight is 142 g/mol. The number of hydrogen-bond donors (Lipinski definition) is 0. The van der Waals surface area contributed by atoms with Gasteiger partial charge in [0.1, 0.15) is 0 Å². The summed E-state index contributed by atoms with van der Waals surface area (Å²) in [5.74, 6) is 0. The van der Waals surface area contributed by atoms with Gasteiger partial charge >= 0.3 is 0 Å². The Kier molecular flexibility index (Phi) is 4.42. The molecular weight excluding hydrogens is 120 g/mol. The Bertz CT molecular complexity index is 132. The minimum absolute atomic E-state index is 0.269. The van der Waals surface area contributed by atoms with Gasteiger partial charge in [-0.3, -0.25) is 0 Å². The van der Waals surface area contributed by atoms with E-state index in [-0.39, 0.29) is 12.8 Å². The van der Waals surface area contributed by atoms with E-state index in [9.17, 15) is 0 Å². The number of allylic oxidation sites excluding steroid dienone is 1. The number of hydrogen-bond acceptors (Lipinski definition) is 0. The van der Waals surface area contributed by atoms with Crippen molar-refractivity contribution in [2.75, 3.05) is 0 Å². The van der Waals surface area contributed by atoms with Gasteiger partial charge in [0, 0.05) is 2.74 Å². The quantitative estimate of drug-likeness (QED) is 0.493. The zero-order valence-corrected chi connectivity index (χ0v) is 7.19. The summed E-state index contributed by atoms with van der Waals surface area (Å²) >= 11 is 0. The van der Waals surface area contributed by atoms with E-state index in [0.717, 1.165) is 31.3 Å². The summed E-state index contributed by atoms with van der Waals surface area (Å²) in [5, 5.41) is 0. The monoisotopic (exact) mass is 142 g/mol. The molecule has 0 rings (SSSR count). The molecule has 0 saturated heterocycles. The second kappa shape index (κ2) is 6.85. The van der Waals surface area contributed by atoms with Crippen molar-refractivity contribution in [1.82, 2.24) is 0 Å². The molecule has 0 amide bonds. The van der Waals surface area contributed by atoms with Crippen molar-refractivity contribution in [2.45, 2.75) is 52.3 Å². The Morgan fingerprint density at radius 3 is 2.60 bits per heavy atom. The standard InChI is InChI=1S/C10H20/c1-4-6-7-9-10(3)8-5-2/h3-9H2,1-2H3/i7D,9D. The van der Waals surface area contributed by atoms with Gasteiger partial charge in [0.25, 0.3) is 0 Å². The zero-order valence-electron chi connectivity index (χ0n) is 9.19. The molecule has 0 bridgehead atoms. The fourth-order valence-electron chi connectivity index (χ4n) is 0.821. The summed E-state index contributed by atoms with van der Waals surface area (Å²) in [6.07, 6.45) is 3.10. The third-order valence-corrected chi connectivity index (χ3v) is 1.38. The Morgan fingerprint density at radius 1 is 1.40 bits per heavy atom. The first-order valence-electron chi connectivity index (χ1n) is 5.31. The summed E-state index contributed by atoms with van der Waals surface area (Å²) in [5.41, 5.74) is 0.922. The molecule has 0 aromatic rings. The van der Waals surface area contributed by atoms with Crippen LogP contribution in [0.5, 0.6) is 0 Å². The van der Waals surface area contributed by atoms with Crippen LogP contribution in [0.2, 0.25) is 0 Å². The fourth-order valence-corrected chi connectivity index (χ4v) is 0.821. The second-order valence-corrected chi connectivity index (χ2v) is 2.60. The highest BCUT2D eigenvalue weighted by molar-refractivity contribution is 4.92. The Balaban J connectivity index is 3.82. The lowest BCUT2D eigenvalue weighted by Gasteiger charge is -2.01.